The highest BCUT2D eigenvalue weighted by molar-refractivity contribution is 7.98. The van der Waals surface area contributed by atoms with E-state index in [1.807, 2.05) is 24.3 Å². The summed E-state index contributed by atoms with van der Waals surface area (Å²) >= 11 is 7.55. The van der Waals surface area contributed by atoms with Gasteiger partial charge in [-0.25, -0.2) is 0 Å². The maximum Gasteiger partial charge on any atom is 0.255 e. The second-order valence-corrected chi connectivity index (χ2v) is 4.87. The first kappa shape index (κ1) is 12.4. The van der Waals surface area contributed by atoms with E-state index in [-0.39, 0.29) is 5.89 Å². The maximum atomic E-state index is 9.24. The molecule has 1 atom stereocenters. The van der Waals surface area contributed by atoms with Crippen molar-refractivity contribution in [2.45, 2.75) is 23.7 Å². The highest BCUT2D eigenvalue weighted by Gasteiger charge is 2.11. The van der Waals surface area contributed by atoms with Crippen LogP contribution < -0.4 is 0 Å². The van der Waals surface area contributed by atoms with Crippen molar-refractivity contribution in [3.05, 3.63) is 41.0 Å². The van der Waals surface area contributed by atoms with Gasteiger partial charge in [0.05, 0.1) is 10.8 Å². The predicted molar refractivity (Wildman–Crippen MR) is 65.9 cm³/mol. The molecule has 0 aliphatic rings. The normalized spacial score (nSPS) is 12.6. The Labute approximate surface area is 108 Å². The molecule has 6 heteroatoms. The van der Waals surface area contributed by atoms with E-state index in [0.717, 1.165) is 4.90 Å². The number of nitrogens with zero attached hydrogens (tertiary/aromatic N) is 2. The average Bonchev–Trinajstić information content (AvgIpc) is 2.77. The lowest BCUT2D eigenvalue weighted by Gasteiger charge is -2.00. The van der Waals surface area contributed by atoms with Crippen molar-refractivity contribution in [3.8, 4) is 0 Å². The van der Waals surface area contributed by atoms with Gasteiger partial charge in [-0.2, -0.15) is 4.98 Å². The SMILES string of the molecule is C[C@@H](O)c1nc(CSc2ccccc2Cl)no1. The third-order valence-electron chi connectivity index (χ3n) is 2.03. The van der Waals surface area contributed by atoms with Gasteiger partial charge in [-0.1, -0.05) is 28.9 Å². The molecular weight excluding hydrogens is 260 g/mol. The second-order valence-electron chi connectivity index (χ2n) is 3.44. The first-order valence-electron chi connectivity index (χ1n) is 5.04. The molecule has 0 amide bonds. The fourth-order valence-electron chi connectivity index (χ4n) is 1.20. The van der Waals surface area contributed by atoms with E-state index >= 15 is 0 Å². The van der Waals surface area contributed by atoms with Crippen molar-refractivity contribution in [2.75, 3.05) is 0 Å². The fraction of sp³-hybridized carbons (Fsp3) is 0.273. The van der Waals surface area contributed by atoms with Crippen molar-refractivity contribution in [3.63, 3.8) is 0 Å². The molecule has 1 N–H and O–H groups in total. The van der Waals surface area contributed by atoms with Crippen LogP contribution in [0.4, 0.5) is 0 Å². The van der Waals surface area contributed by atoms with Gasteiger partial charge < -0.3 is 9.63 Å². The van der Waals surface area contributed by atoms with E-state index in [9.17, 15) is 5.11 Å². The topological polar surface area (TPSA) is 59.2 Å². The molecule has 2 aromatic rings. The molecule has 17 heavy (non-hydrogen) atoms. The van der Waals surface area contributed by atoms with Gasteiger partial charge in [0.15, 0.2) is 5.82 Å². The van der Waals surface area contributed by atoms with Gasteiger partial charge in [0.25, 0.3) is 5.89 Å². The summed E-state index contributed by atoms with van der Waals surface area (Å²) in [4.78, 5) is 5.03. The summed E-state index contributed by atoms with van der Waals surface area (Å²) in [6.45, 7) is 1.58. The molecule has 2 rings (SSSR count). The van der Waals surface area contributed by atoms with Crippen LogP contribution in [0, 0.1) is 0 Å². The average molecular weight is 271 g/mol. The Balaban J connectivity index is 2.00. The van der Waals surface area contributed by atoms with E-state index in [4.69, 9.17) is 16.1 Å². The highest BCUT2D eigenvalue weighted by atomic mass is 35.5. The van der Waals surface area contributed by atoms with Gasteiger partial charge in [0, 0.05) is 4.90 Å². The number of aromatic nitrogens is 2. The van der Waals surface area contributed by atoms with Crippen LogP contribution in [0.1, 0.15) is 24.7 Å². The Kier molecular flexibility index (Phi) is 4.04. The molecule has 0 radical (unpaired) electrons. The Hall–Kier alpha value is -1.04. The van der Waals surface area contributed by atoms with Crippen molar-refractivity contribution in [1.29, 1.82) is 0 Å². The fourth-order valence-corrected chi connectivity index (χ4v) is 2.28. The van der Waals surface area contributed by atoms with E-state index in [1.54, 1.807) is 6.92 Å². The minimum Gasteiger partial charge on any atom is -0.384 e. The minimum absolute atomic E-state index is 0.236. The molecule has 90 valence electrons. The summed E-state index contributed by atoms with van der Waals surface area (Å²) in [5.41, 5.74) is 0. The zero-order valence-corrected chi connectivity index (χ0v) is 10.7. The van der Waals surface area contributed by atoms with Gasteiger partial charge >= 0.3 is 0 Å². The summed E-state index contributed by atoms with van der Waals surface area (Å²) in [6.07, 6.45) is -0.735. The number of benzene rings is 1. The lowest BCUT2D eigenvalue weighted by molar-refractivity contribution is 0.151. The Morgan fingerprint density at radius 2 is 2.24 bits per heavy atom. The van der Waals surface area contributed by atoms with Gasteiger partial charge in [-0.3, -0.25) is 0 Å². The van der Waals surface area contributed by atoms with Crippen LogP contribution in [0.3, 0.4) is 0 Å². The van der Waals surface area contributed by atoms with Crippen molar-refractivity contribution >= 4 is 23.4 Å². The molecule has 0 saturated carbocycles. The molecule has 0 unspecified atom stereocenters. The summed E-state index contributed by atoms with van der Waals surface area (Å²) in [5.74, 6) is 1.34. The molecule has 0 bridgehead atoms. The highest BCUT2D eigenvalue weighted by Crippen LogP contribution is 2.28. The molecule has 0 saturated heterocycles. The standard InChI is InChI=1S/C11H11ClN2O2S/c1-7(15)11-13-10(14-16-11)6-17-9-5-3-2-4-8(9)12/h2-5,7,15H,6H2,1H3/t7-/m1/s1. The number of aliphatic hydroxyl groups excluding tert-OH is 1. The lowest BCUT2D eigenvalue weighted by Crippen LogP contribution is -1.91. The van der Waals surface area contributed by atoms with Crippen molar-refractivity contribution in [1.82, 2.24) is 10.1 Å². The molecule has 4 nitrogen and oxygen atoms in total. The van der Waals surface area contributed by atoms with Gasteiger partial charge in [-0.05, 0) is 19.1 Å². The smallest absolute Gasteiger partial charge is 0.255 e. The van der Waals surface area contributed by atoms with Crippen LogP contribution in [0.25, 0.3) is 0 Å². The van der Waals surface area contributed by atoms with Crippen LogP contribution in [-0.2, 0) is 5.75 Å². The molecule has 1 aromatic carbocycles. The summed E-state index contributed by atoms with van der Waals surface area (Å²) in [5, 5.41) is 13.7. The first-order valence-corrected chi connectivity index (χ1v) is 6.41. The number of halogens is 1. The number of aliphatic hydroxyl groups is 1. The Morgan fingerprint density at radius 1 is 1.47 bits per heavy atom. The molecule has 1 heterocycles. The van der Waals surface area contributed by atoms with Crippen LogP contribution in [0.15, 0.2) is 33.7 Å². The van der Waals surface area contributed by atoms with E-state index in [0.29, 0.717) is 16.6 Å². The quantitative estimate of drug-likeness (QED) is 0.865. The summed E-state index contributed by atoms with van der Waals surface area (Å²) in [7, 11) is 0. The van der Waals surface area contributed by atoms with Gasteiger partial charge in [0.2, 0.25) is 0 Å². The van der Waals surface area contributed by atoms with E-state index in [1.165, 1.54) is 11.8 Å². The molecule has 0 spiro atoms. The van der Waals surface area contributed by atoms with Crippen LogP contribution in [0.5, 0.6) is 0 Å². The number of thioether (sulfide) groups is 1. The van der Waals surface area contributed by atoms with Crippen LogP contribution in [0.2, 0.25) is 5.02 Å². The second kappa shape index (κ2) is 5.53. The van der Waals surface area contributed by atoms with Crippen LogP contribution >= 0.6 is 23.4 Å². The molecular formula is C11H11ClN2O2S. The van der Waals surface area contributed by atoms with Crippen LogP contribution in [-0.4, -0.2) is 15.2 Å². The third-order valence-corrected chi connectivity index (χ3v) is 3.55. The largest absolute Gasteiger partial charge is 0.384 e. The Morgan fingerprint density at radius 3 is 2.88 bits per heavy atom. The lowest BCUT2D eigenvalue weighted by atomic mass is 10.4. The number of rotatable bonds is 4. The molecule has 0 aliphatic carbocycles. The van der Waals surface area contributed by atoms with Crippen molar-refractivity contribution in [2.24, 2.45) is 0 Å². The van der Waals surface area contributed by atoms with Crippen molar-refractivity contribution < 1.29 is 9.63 Å². The first-order chi connectivity index (χ1) is 8.16. The number of hydrogen-bond donors (Lipinski definition) is 1. The zero-order valence-electron chi connectivity index (χ0n) is 9.13. The Bertz CT molecular complexity index is 502. The third kappa shape index (κ3) is 3.21. The number of hydrogen-bond acceptors (Lipinski definition) is 5. The predicted octanol–water partition coefficient (Wildman–Crippen LogP) is 3.07. The van der Waals surface area contributed by atoms with E-state index in [2.05, 4.69) is 10.1 Å². The maximum absolute atomic E-state index is 9.24. The monoisotopic (exact) mass is 270 g/mol. The zero-order chi connectivity index (χ0) is 12.3. The molecule has 0 aliphatic heterocycles. The molecule has 0 fully saturated rings. The summed E-state index contributed by atoms with van der Waals surface area (Å²) in [6, 6.07) is 7.57. The van der Waals surface area contributed by atoms with Gasteiger partial charge in [0.1, 0.15) is 6.10 Å². The molecule has 1 aromatic heterocycles. The van der Waals surface area contributed by atoms with Gasteiger partial charge in [-0.15, -0.1) is 11.8 Å². The minimum atomic E-state index is -0.735. The van der Waals surface area contributed by atoms with E-state index < -0.39 is 6.10 Å². The summed E-state index contributed by atoms with van der Waals surface area (Å²) < 4.78 is 4.89.